The van der Waals surface area contributed by atoms with Crippen molar-refractivity contribution in [3.05, 3.63) is 64.2 Å². The Morgan fingerprint density at radius 3 is 2.43 bits per heavy atom. The fourth-order valence-electron chi connectivity index (χ4n) is 3.66. The molecule has 2 aromatic rings. The average Bonchev–Trinajstić information content (AvgIpc) is 2.69. The molecule has 148 valence electrons. The summed E-state index contributed by atoms with van der Waals surface area (Å²) in [5.74, 6) is 0.110. The lowest BCUT2D eigenvalue weighted by molar-refractivity contribution is -0.116. The Morgan fingerprint density at radius 2 is 1.71 bits per heavy atom. The van der Waals surface area contributed by atoms with Gasteiger partial charge in [0.15, 0.2) is 0 Å². The topological polar surface area (TPSA) is 52.7 Å². The molecule has 1 saturated heterocycles. The number of carbonyl (C=O) groups is 2. The fraction of sp³-hybridized carbons (Fsp3) is 0.333. The van der Waals surface area contributed by atoms with E-state index in [1.54, 1.807) is 0 Å². The molecule has 0 spiro atoms. The van der Waals surface area contributed by atoms with Crippen molar-refractivity contribution >= 4 is 41.5 Å². The van der Waals surface area contributed by atoms with E-state index in [4.69, 9.17) is 11.6 Å². The molecule has 2 aliphatic heterocycles. The second-order valence-electron chi connectivity index (χ2n) is 7.11. The Labute approximate surface area is 176 Å². The number of hydrogen-bond donors (Lipinski definition) is 1. The summed E-state index contributed by atoms with van der Waals surface area (Å²) in [5.41, 5.74) is 3.81. The molecule has 5 nitrogen and oxygen atoms in total. The van der Waals surface area contributed by atoms with Gasteiger partial charge in [0.1, 0.15) is 0 Å². The monoisotopic (exact) mass is 419 g/mol. The number of amides is 2. The zero-order chi connectivity index (χ0) is 18.8. The number of rotatable bonds is 3. The Morgan fingerprint density at radius 1 is 1.00 bits per heavy atom. The van der Waals surface area contributed by atoms with E-state index in [1.807, 2.05) is 47.4 Å². The van der Waals surface area contributed by atoms with E-state index < -0.39 is 0 Å². The van der Waals surface area contributed by atoms with Crippen LogP contribution in [0.25, 0.3) is 0 Å². The highest BCUT2D eigenvalue weighted by atomic mass is 35.5. The van der Waals surface area contributed by atoms with Crippen molar-refractivity contribution in [2.45, 2.75) is 19.4 Å². The molecule has 0 aliphatic carbocycles. The number of hydrogen-bond acceptors (Lipinski definition) is 3. The quantitative estimate of drug-likeness (QED) is 0.826. The van der Waals surface area contributed by atoms with Crippen molar-refractivity contribution in [2.24, 2.45) is 0 Å². The molecule has 2 aliphatic rings. The van der Waals surface area contributed by atoms with Gasteiger partial charge in [-0.15, -0.1) is 12.4 Å². The van der Waals surface area contributed by atoms with E-state index in [1.165, 1.54) is 5.56 Å². The number of fused-ring (bicyclic) bond motifs is 1. The van der Waals surface area contributed by atoms with Gasteiger partial charge < -0.3 is 10.2 Å². The maximum atomic E-state index is 12.9. The van der Waals surface area contributed by atoms with Crippen LogP contribution < -0.4 is 5.32 Å². The molecule has 0 atom stereocenters. The summed E-state index contributed by atoms with van der Waals surface area (Å²) in [6.07, 6.45) is 1.17. The Balaban J connectivity index is 0.00000225. The van der Waals surface area contributed by atoms with E-state index in [-0.39, 0.29) is 24.2 Å². The first-order chi connectivity index (χ1) is 13.1. The number of benzene rings is 2. The van der Waals surface area contributed by atoms with Gasteiger partial charge in [-0.25, -0.2) is 0 Å². The van der Waals surface area contributed by atoms with Gasteiger partial charge in [0.05, 0.1) is 0 Å². The van der Waals surface area contributed by atoms with Crippen molar-refractivity contribution in [1.82, 2.24) is 9.80 Å². The number of aryl methyl sites for hydroxylation is 1. The summed E-state index contributed by atoms with van der Waals surface area (Å²) >= 11 is 5.94. The zero-order valence-corrected chi connectivity index (χ0v) is 17.1. The van der Waals surface area contributed by atoms with Gasteiger partial charge in [-0.2, -0.15) is 0 Å². The van der Waals surface area contributed by atoms with Crippen LogP contribution in [0, 0.1) is 0 Å². The Hall–Kier alpha value is -2.08. The highest BCUT2D eigenvalue weighted by Gasteiger charge is 2.23. The lowest BCUT2D eigenvalue weighted by Crippen LogP contribution is -2.48. The van der Waals surface area contributed by atoms with E-state index in [0.29, 0.717) is 18.4 Å². The first kappa shape index (κ1) is 20.6. The van der Waals surface area contributed by atoms with Crippen LogP contribution in [-0.2, 0) is 17.8 Å². The lowest BCUT2D eigenvalue weighted by atomic mass is 10.00. The van der Waals surface area contributed by atoms with Crippen LogP contribution in [0.3, 0.4) is 0 Å². The van der Waals surface area contributed by atoms with Gasteiger partial charge in [-0.3, -0.25) is 14.5 Å². The van der Waals surface area contributed by atoms with Gasteiger partial charge >= 0.3 is 0 Å². The summed E-state index contributed by atoms with van der Waals surface area (Å²) in [6, 6.07) is 13.5. The molecule has 1 N–H and O–H groups in total. The van der Waals surface area contributed by atoms with Gasteiger partial charge in [0.2, 0.25) is 5.91 Å². The highest BCUT2D eigenvalue weighted by Crippen LogP contribution is 2.24. The first-order valence-electron chi connectivity index (χ1n) is 9.27. The number of anilines is 1. The Bertz CT molecular complexity index is 862. The fourth-order valence-corrected chi connectivity index (χ4v) is 3.78. The van der Waals surface area contributed by atoms with E-state index in [0.717, 1.165) is 49.0 Å². The molecule has 28 heavy (non-hydrogen) atoms. The Kier molecular flexibility index (Phi) is 6.60. The highest BCUT2D eigenvalue weighted by molar-refractivity contribution is 6.30. The molecular weight excluding hydrogens is 397 g/mol. The summed E-state index contributed by atoms with van der Waals surface area (Å²) in [4.78, 5) is 28.6. The predicted octanol–water partition coefficient (Wildman–Crippen LogP) is 3.60. The lowest BCUT2D eigenvalue weighted by Gasteiger charge is -2.35. The van der Waals surface area contributed by atoms with Gasteiger partial charge in [-0.1, -0.05) is 23.7 Å². The van der Waals surface area contributed by atoms with Gasteiger partial charge in [0, 0.05) is 55.4 Å². The summed E-state index contributed by atoms with van der Waals surface area (Å²) in [7, 11) is 0. The maximum absolute atomic E-state index is 12.9. The largest absolute Gasteiger partial charge is 0.336 e. The standard InChI is InChI=1S/C21H22ClN3O2.ClH/c22-18-5-1-15(2-6-18)14-24-9-11-25(12-10-24)21(27)17-3-7-19-16(13-17)4-8-20(26)23-19;/h1-3,5-7,13H,4,8-12,14H2,(H,23,26);1H. The second kappa shape index (κ2) is 8.95. The molecule has 7 heteroatoms. The first-order valence-corrected chi connectivity index (χ1v) is 9.65. The number of carbonyl (C=O) groups excluding carboxylic acids is 2. The molecule has 1 fully saturated rings. The average molecular weight is 420 g/mol. The minimum atomic E-state index is 0. The van der Waals surface area contributed by atoms with E-state index >= 15 is 0 Å². The minimum Gasteiger partial charge on any atom is -0.336 e. The molecule has 2 amide bonds. The zero-order valence-electron chi connectivity index (χ0n) is 15.5. The number of nitrogens with one attached hydrogen (secondary N) is 1. The SMILES string of the molecule is Cl.O=C1CCc2cc(C(=O)N3CCN(Cc4ccc(Cl)cc4)CC3)ccc2N1. The molecule has 0 radical (unpaired) electrons. The number of nitrogens with zero attached hydrogens (tertiary/aromatic N) is 2. The van der Waals surface area contributed by atoms with Gasteiger partial charge in [0.25, 0.3) is 5.91 Å². The second-order valence-corrected chi connectivity index (χ2v) is 7.55. The van der Waals surface area contributed by atoms with Crippen molar-refractivity contribution in [3.8, 4) is 0 Å². The maximum Gasteiger partial charge on any atom is 0.253 e. The molecule has 0 bridgehead atoms. The van der Waals surface area contributed by atoms with Crippen LogP contribution in [0.15, 0.2) is 42.5 Å². The van der Waals surface area contributed by atoms with Crippen LogP contribution in [0.5, 0.6) is 0 Å². The minimum absolute atomic E-state index is 0. The normalized spacial score (nSPS) is 16.8. The van der Waals surface area contributed by atoms with E-state index in [9.17, 15) is 9.59 Å². The van der Waals surface area contributed by atoms with Crippen LogP contribution >= 0.6 is 24.0 Å². The molecule has 2 aromatic carbocycles. The van der Waals surface area contributed by atoms with Crippen molar-refractivity contribution < 1.29 is 9.59 Å². The number of piperazine rings is 1. The summed E-state index contributed by atoms with van der Waals surface area (Å²) in [5, 5.41) is 3.61. The molecule has 0 unspecified atom stereocenters. The van der Waals surface area contributed by atoms with Crippen LogP contribution in [0.4, 0.5) is 5.69 Å². The third-order valence-corrected chi connectivity index (χ3v) is 5.48. The van der Waals surface area contributed by atoms with Crippen molar-refractivity contribution in [2.75, 3.05) is 31.5 Å². The van der Waals surface area contributed by atoms with Crippen LogP contribution in [-0.4, -0.2) is 47.8 Å². The van der Waals surface area contributed by atoms with Crippen LogP contribution in [0.2, 0.25) is 5.02 Å². The third kappa shape index (κ3) is 4.66. The predicted molar refractivity (Wildman–Crippen MR) is 113 cm³/mol. The number of halogens is 2. The van der Waals surface area contributed by atoms with Crippen LogP contribution in [0.1, 0.15) is 27.9 Å². The van der Waals surface area contributed by atoms with Crippen molar-refractivity contribution in [3.63, 3.8) is 0 Å². The molecular formula is C21H23Cl2N3O2. The molecule has 0 aromatic heterocycles. The summed E-state index contributed by atoms with van der Waals surface area (Å²) < 4.78 is 0. The third-order valence-electron chi connectivity index (χ3n) is 5.23. The van der Waals surface area contributed by atoms with E-state index in [2.05, 4.69) is 10.2 Å². The molecule has 4 rings (SSSR count). The molecule has 0 saturated carbocycles. The van der Waals surface area contributed by atoms with Gasteiger partial charge in [-0.05, 0) is 47.9 Å². The van der Waals surface area contributed by atoms with Crippen molar-refractivity contribution in [1.29, 1.82) is 0 Å². The molecule has 2 heterocycles. The summed E-state index contributed by atoms with van der Waals surface area (Å²) in [6.45, 7) is 4.03. The smallest absolute Gasteiger partial charge is 0.253 e.